The number of esters is 2. The molecule has 0 amide bonds. The first-order chi connectivity index (χ1) is 21.0. The van der Waals surface area contributed by atoms with Crippen molar-refractivity contribution in [3.8, 4) is 11.1 Å². The molecule has 43 heavy (non-hydrogen) atoms. The molecule has 0 saturated heterocycles. The van der Waals surface area contributed by atoms with Gasteiger partial charge in [-0.3, -0.25) is 9.79 Å². The molecule has 3 rings (SSSR count). The molecule has 1 atom stereocenters. The minimum absolute atomic E-state index is 0.0347. The van der Waals surface area contributed by atoms with E-state index in [9.17, 15) is 14.7 Å². The molecule has 11 nitrogen and oxygen atoms in total. The summed E-state index contributed by atoms with van der Waals surface area (Å²) in [5, 5.41) is 12.3. The number of hydrogen-bond acceptors (Lipinski definition) is 11. The van der Waals surface area contributed by atoms with Crippen LogP contribution in [0.5, 0.6) is 0 Å². The first kappa shape index (κ1) is 33.7. The van der Waals surface area contributed by atoms with Crippen molar-refractivity contribution in [1.82, 2.24) is 0 Å². The molecule has 0 spiro atoms. The molecule has 1 aliphatic carbocycles. The zero-order chi connectivity index (χ0) is 30.7. The summed E-state index contributed by atoms with van der Waals surface area (Å²) in [5.74, 6) is -1.01. The van der Waals surface area contributed by atoms with Gasteiger partial charge in [0.05, 0.1) is 66.4 Å². The van der Waals surface area contributed by atoms with Crippen LogP contribution in [0.2, 0.25) is 0 Å². The average Bonchev–Trinajstić information content (AvgIpc) is 3.34. The normalized spacial score (nSPS) is 13.5. The van der Waals surface area contributed by atoms with Crippen molar-refractivity contribution < 1.29 is 47.9 Å². The Balaban J connectivity index is 1.19. The van der Waals surface area contributed by atoms with E-state index >= 15 is 0 Å². The smallest absolute Gasteiger partial charge is 0.330 e. The lowest BCUT2D eigenvalue weighted by Gasteiger charge is -2.21. The Morgan fingerprint density at radius 2 is 1.33 bits per heavy atom. The molecule has 0 radical (unpaired) electrons. The lowest BCUT2D eigenvalue weighted by Crippen LogP contribution is -2.28. The molecule has 1 unspecified atom stereocenters. The van der Waals surface area contributed by atoms with Crippen LogP contribution in [-0.4, -0.2) is 97.2 Å². The molecule has 11 heteroatoms. The standard InChI is InChI=1S/C32H41NO10/c1-24(33-32(36)43-23-29-27-11-5-3-9-25(27)26-10-4-6-12-28(26)29)31(35)42-15-8-7-14-38-17-19-40-21-22-41-20-18-39-16-13-30(34)37-2/h3-12,24,29H,13-23H2,1-2H3,(H,33,36)/p-1/b8-7+. The van der Waals surface area contributed by atoms with E-state index in [2.05, 4.69) is 21.9 Å². The Morgan fingerprint density at radius 1 is 0.791 bits per heavy atom. The third-order valence-electron chi connectivity index (χ3n) is 6.47. The van der Waals surface area contributed by atoms with E-state index in [0.717, 1.165) is 22.3 Å². The zero-order valence-electron chi connectivity index (χ0n) is 24.7. The van der Waals surface area contributed by atoms with Crippen LogP contribution >= 0.6 is 0 Å². The lowest BCUT2D eigenvalue weighted by molar-refractivity contribution is -0.251. The second-order valence-electron chi connectivity index (χ2n) is 9.45. The van der Waals surface area contributed by atoms with Crippen molar-refractivity contribution in [3.05, 3.63) is 71.8 Å². The van der Waals surface area contributed by atoms with Gasteiger partial charge in [-0.1, -0.05) is 54.6 Å². The number of fused-ring (bicyclic) bond motifs is 3. The Hall–Kier alpha value is -3.77. The fraction of sp³-hybridized carbons (Fsp3) is 0.469. The Bertz CT molecular complexity index is 1150. The van der Waals surface area contributed by atoms with E-state index in [-0.39, 0.29) is 31.5 Å². The van der Waals surface area contributed by atoms with Crippen molar-refractivity contribution in [2.75, 3.05) is 73.2 Å². The molecule has 0 saturated carbocycles. The topological polar surface area (TPSA) is 134 Å². The summed E-state index contributed by atoms with van der Waals surface area (Å²) in [4.78, 5) is 27.0. The summed E-state index contributed by atoms with van der Waals surface area (Å²) in [7, 11) is 1.34. The number of methoxy groups -OCH3 is 1. The Labute approximate surface area is 252 Å². The summed E-state index contributed by atoms with van der Waals surface area (Å²) in [5.41, 5.74) is 4.47. The molecule has 234 valence electrons. The number of aliphatic imine (C=N–C) groups is 1. The number of carbonyl (C=O) groups excluding carboxylic acids is 2. The van der Waals surface area contributed by atoms with Gasteiger partial charge in [0.15, 0.2) is 0 Å². The van der Waals surface area contributed by atoms with E-state index in [1.165, 1.54) is 14.0 Å². The van der Waals surface area contributed by atoms with Gasteiger partial charge in [-0.2, -0.15) is 0 Å². The van der Waals surface area contributed by atoms with Crippen LogP contribution in [-0.2, 0) is 42.7 Å². The van der Waals surface area contributed by atoms with Gasteiger partial charge in [-0.25, -0.2) is 4.79 Å². The van der Waals surface area contributed by atoms with Crippen LogP contribution in [0.25, 0.3) is 11.1 Å². The van der Waals surface area contributed by atoms with Crippen LogP contribution in [0, 0.1) is 0 Å². The molecule has 0 aromatic heterocycles. The Morgan fingerprint density at radius 3 is 1.93 bits per heavy atom. The van der Waals surface area contributed by atoms with Crippen molar-refractivity contribution in [3.63, 3.8) is 0 Å². The summed E-state index contributed by atoms with van der Waals surface area (Å²) in [6.07, 6.45) is 2.80. The number of benzene rings is 2. The van der Waals surface area contributed by atoms with Gasteiger partial charge in [-0.05, 0) is 35.3 Å². The van der Waals surface area contributed by atoms with Gasteiger partial charge >= 0.3 is 11.9 Å². The number of rotatable bonds is 20. The fourth-order valence-corrected chi connectivity index (χ4v) is 4.30. The first-order valence-electron chi connectivity index (χ1n) is 14.3. The minimum atomic E-state index is -0.986. The van der Waals surface area contributed by atoms with Crippen LogP contribution in [0.1, 0.15) is 30.4 Å². The van der Waals surface area contributed by atoms with Crippen molar-refractivity contribution in [2.45, 2.75) is 25.3 Å². The Kier molecular flexibility index (Phi) is 15.2. The molecule has 0 bridgehead atoms. The number of nitrogens with zero attached hydrogens (tertiary/aromatic N) is 1. The third-order valence-corrected chi connectivity index (χ3v) is 6.47. The largest absolute Gasteiger partial charge is 0.599 e. The highest BCUT2D eigenvalue weighted by atomic mass is 16.6. The highest BCUT2D eigenvalue weighted by Crippen LogP contribution is 2.44. The second-order valence-corrected chi connectivity index (χ2v) is 9.45. The molecule has 2 aromatic carbocycles. The minimum Gasteiger partial charge on any atom is -0.599 e. The molecular weight excluding hydrogens is 558 g/mol. The fourth-order valence-electron chi connectivity index (χ4n) is 4.30. The van der Waals surface area contributed by atoms with Crippen molar-refractivity contribution >= 4 is 18.0 Å². The maximum Gasteiger partial charge on any atom is 0.330 e. The van der Waals surface area contributed by atoms with Crippen LogP contribution < -0.4 is 5.11 Å². The molecule has 0 N–H and O–H groups in total. The summed E-state index contributed by atoms with van der Waals surface area (Å²) < 4.78 is 36.5. The maximum absolute atomic E-state index is 12.3. The van der Waals surface area contributed by atoms with Crippen LogP contribution in [0.4, 0.5) is 0 Å². The van der Waals surface area contributed by atoms with Crippen molar-refractivity contribution in [2.24, 2.45) is 4.99 Å². The zero-order valence-corrected chi connectivity index (χ0v) is 24.7. The van der Waals surface area contributed by atoms with Crippen LogP contribution in [0.15, 0.2) is 65.7 Å². The van der Waals surface area contributed by atoms with Crippen LogP contribution in [0.3, 0.4) is 0 Å². The average molecular weight is 599 g/mol. The highest BCUT2D eigenvalue weighted by Gasteiger charge is 2.27. The molecule has 1 aliphatic rings. The van der Waals surface area contributed by atoms with Gasteiger partial charge in [0, 0.05) is 12.5 Å². The second kappa shape index (κ2) is 19.4. The van der Waals surface area contributed by atoms with Gasteiger partial charge in [-0.15, -0.1) is 0 Å². The molecule has 0 aliphatic heterocycles. The summed E-state index contributed by atoms with van der Waals surface area (Å²) in [6.45, 7) is 4.78. The molecular formula is C32H40NO10-. The summed E-state index contributed by atoms with van der Waals surface area (Å²) >= 11 is 0. The highest BCUT2D eigenvalue weighted by molar-refractivity contribution is 5.80. The SMILES string of the molecule is COC(=O)CCOCCOCCOCCOC/C=C/COC(=O)C(C)N=C([O-])OCC1c2ccccc2-c2ccccc21. The quantitative estimate of drug-likeness (QED) is 0.0736. The first-order valence-corrected chi connectivity index (χ1v) is 14.3. The van der Waals surface area contributed by atoms with E-state index in [4.69, 9.17) is 28.4 Å². The maximum atomic E-state index is 12.3. The monoisotopic (exact) mass is 598 g/mol. The predicted octanol–water partition coefficient (Wildman–Crippen LogP) is 2.65. The van der Waals surface area contributed by atoms with Gasteiger partial charge in [0.2, 0.25) is 0 Å². The molecule has 2 aromatic rings. The van der Waals surface area contributed by atoms with E-state index < -0.39 is 18.1 Å². The van der Waals surface area contributed by atoms with Gasteiger partial charge in [0.1, 0.15) is 18.7 Å². The van der Waals surface area contributed by atoms with Gasteiger partial charge < -0.3 is 38.3 Å². The van der Waals surface area contributed by atoms with E-state index in [1.807, 2.05) is 36.4 Å². The van der Waals surface area contributed by atoms with E-state index in [0.29, 0.717) is 52.9 Å². The number of carbonyl (C=O) groups is 2. The number of hydrogen-bond donors (Lipinski definition) is 0. The van der Waals surface area contributed by atoms with E-state index in [1.54, 1.807) is 12.2 Å². The summed E-state index contributed by atoms with van der Waals surface area (Å²) in [6, 6.07) is 15.1. The third kappa shape index (κ3) is 11.8. The predicted molar refractivity (Wildman–Crippen MR) is 157 cm³/mol. The lowest BCUT2D eigenvalue weighted by atomic mass is 9.98. The van der Waals surface area contributed by atoms with Crippen molar-refractivity contribution in [1.29, 1.82) is 0 Å². The molecule has 0 fully saturated rings. The molecule has 0 heterocycles. The number of ether oxygens (including phenoxy) is 7. The van der Waals surface area contributed by atoms with Gasteiger partial charge in [0.25, 0.3) is 0 Å².